The van der Waals surface area contributed by atoms with Crippen LogP contribution in [0.4, 0.5) is 0 Å². The van der Waals surface area contributed by atoms with Crippen LogP contribution in [0.15, 0.2) is 47.4 Å². The van der Waals surface area contributed by atoms with Crippen LogP contribution in [0.5, 0.6) is 0 Å². The number of nitrogens with one attached hydrogen (secondary N) is 3. The third-order valence-corrected chi connectivity index (χ3v) is 8.88. The molecule has 2 fully saturated rings. The molecule has 2 aliphatic rings. The molecule has 0 radical (unpaired) electrons. The number of guanidine groups is 1. The zero-order valence-corrected chi connectivity index (χ0v) is 22.5. The van der Waals surface area contributed by atoms with Crippen LogP contribution in [-0.2, 0) is 19.6 Å². The third kappa shape index (κ3) is 7.22. The first-order valence-electron chi connectivity index (χ1n) is 13.4. The van der Waals surface area contributed by atoms with E-state index in [9.17, 15) is 18.0 Å². The number of fused-ring (bicyclic) bond motifs is 1. The average Bonchev–Trinajstić information content (AvgIpc) is 3.21. The lowest BCUT2D eigenvalue weighted by atomic mass is 9.98. The molecule has 2 atom stereocenters. The monoisotopic (exact) mass is 542 g/mol. The fourth-order valence-corrected chi connectivity index (χ4v) is 6.45. The van der Waals surface area contributed by atoms with Gasteiger partial charge in [-0.15, -0.1) is 0 Å². The van der Waals surface area contributed by atoms with E-state index in [0.29, 0.717) is 32.7 Å². The summed E-state index contributed by atoms with van der Waals surface area (Å²) >= 11 is 0. The van der Waals surface area contributed by atoms with Gasteiger partial charge in [-0.1, -0.05) is 43.2 Å². The van der Waals surface area contributed by atoms with E-state index >= 15 is 0 Å². The lowest BCUT2D eigenvalue weighted by molar-refractivity contribution is -0.134. The van der Waals surface area contributed by atoms with Gasteiger partial charge >= 0.3 is 0 Å². The first-order chi connectivity index (χ1) is 18.2. The number of carbonyl (C=O) groups excluding carboxylic acids is 2. The van der Waals surface area contributed by atoms with Gasteiger partial charge in [-0.3, -0.25) is 15.0 Å². The van der Waals surface area contributed by atoms with Crippen molar-refractivity contribution >= 4 is 38.6 Å². The van der Waals surface area contributed by atoms with Crippen LogP contribution in [-0.4, -0.2) is 74.8 Å². The molecule has 2 aliphatic heterocycles. The standard InChI is InChI=1S/C27H38N6O4S/c28-27(29)33-15-7-8-20(19-33)18-30-26(35)24(17-25(34)32-13-5-1-2-6-14-32)31-38(36,37)23-12-11-21-9-3-4-10-22(21)16-23/h3-4,9-12,16,20,24,31H,1-2,5-8,13-15,17-19H2,(H3,28,29)(H,30,35)/t20-,24?/m1/s1. The van der Waals surface area contributed by atoms with Gasteiger partial charge in [0.1, 0.15) is 6.04 Å². The predicted octanol–water partition coefficient (Wildman–Crippen LogP) is 2.00. The minimum absolute atomic E-state index is 0.00472. The largest absolute Gasteiger partial charge is 0.370 e. The second-order valence-electron chi connectivity index (χ2n) is 10.3. The van der Waals surface area contributed by atoms with Crippen molar-refractivity contribution in [2.75, 3.05) is 32.7 Å². The minimum Gasteiger partial charge on any atom is -0.370 e. The number of hydrogen-bond donors (Lipinski definition) is 4. The van der Waals surface area contributed by atoms with Crippen molar-refractivity contribution in [3.8, 4) is 0 Å². The quantitative estimate of drug-likeness (QED) is 0.296. The number of amides is 2. The van der Waals surface area contributed by atoms with Gasteiger partial charge in [0, 0.05) is 32.7 Å². The van der Waals surface area contributed by atoms with Crippen molar-refractivity contribution in [2.24, 2.45) is 11.7 Å². The summed E-state index contributed by atoms with van der Waals surface area (Å²) in [5.41, 5.74) is 5.63. The molecule has 2 heterocycles. The Hall–Kier alpha value is -3.18. The Morgan fingerprint density at radius 3 is 2.37 bits per heavy atom. The zero-order chi connectivity index (χ0) is 27.1. The van der Waals surface area contributed by atoms with E-state index in [1.165, 1.54) is 6.07 Å². The molecule has 5 N–H and O–H groups in total. The third-order valence-electron chi connectivity index (χ3n) is 7.41. The highest BCUT2D eigenvalue weighted by molar-refractivity contribution is 7.89. The topological polar surface area (TPSA) is 149 Å². The summed E-state index contributed by atoms with van der Waals surface area (Å²) in [5, 5.41) is 12.2. The first kappa shape index (κ1) is 27.8. The molecule has 2 amide bonds. The summed E-state index contributed by atoms with van der Waals surface area (Å²) in [5.74, 6) is -0.674. The fraction of sp³-hybridized carbons (Fsp3) is 0.519. The summed E-state index contributed by atoms with van der Waals surface area (Å²) < 4.78 is 29.3. The van der Waals surface area contributed by atoms with Crippen molar-refractivity contribution in [3.05, 3.63) is 42.5 Å². The molecule has 2 aromatic carbocycles. The van der Waals surface area contributed by atoms with Gasteiger partial charge in [-0.05, 0) is 54.5 Å². The molecule has 0 spiro atoms. The number of hydrogen-bond acceptors (Lipinski definition) is 5. The van der Waals surface area contributed by atoms with Gasteiger partial charge in [0.05, 0.1) is 11.3 Å². The van der Waals surface area contributed by atoms with Crippen molar-refractivity contribution < 1.29 is 18.0 Å². The van der Waals surface area contributed by atoms with Crippen LogP contribution in [0, 0.1) is 11.3 Å². The highest BCUT2D eigenvalue weighted by Gasteiger charge is 2.31. The van der Waals surface area contributed by atoms with E-state index in [1.54, 1.807) is 21.9 Å². The highest BCUT2D eigenvalue weighted by atomic mass is 32.2. The number of benzene rings is 2. The van der Waals surface area contributed by atoms with Crippen LogP contribution in [0.1, 0.15) is 44.9 Å². The molecule has 4 rings (SSSR count). The normalized spacial score (nSPS) is 19.5. The Labute approximate surface area is 224 Å². The number of rotatable bonds is 8. The maximum absolute atomic E-state index is 13.4. The smallest absolute Gasteiger partial charge is 0.241 e. The second-order valence-corrected chi connectivity index (χ2v) is 12.0. The summed E-state index contributed by atoms with van der Waals surface area (Å²) in [6.07, 6.45) is 5.39. The Bertz CT molecular complexity index is 1260. The average molecular weight is 543 g/mol. The Balaban J connectivity index is 1.49. The number of nitrogens with two attached hydrogens (primary N) is 1. The Morgan fingerprint density at radius 2 is 1.66 bits per heavy atom. The van der Waals surface area contributed by atoms with E-state index in [4.69, 9.17) is 11.1 Å². The molecule has 0 aliphatic carbocycles. The number of carbonyl (C=O) groups is 2. The first-order valence-corrected chi connectivity index (χ1v) is 14.9. The van der Waals surface area contributed by atoms with E-state index in [1.807, 2.05) is 24.3 Å². The van der Waals surface area contributed by atoms with Gasteiger partial charge < -0.3 is 20.9 Å². The van der Waals surface area contributed by atoms with Crippen molar-refractivity contribution in [2.45, 2.75) is 55.9 Å². The van der Waals surface area contributed by atoms with E-state index in [0.717, 1.165) is 49.3 Å². The van der Waals surface area contributed by atoms with Crippen LogP contribution < -0.4 is 15.8 Å². The van der Waals surface area contributed by atoms with Gasteiger partial charge in [-0.25, -0.2) is 8.42 Å². The highest BCUT2D eigenvalue weighted by Crippen LogP contribution is 2.20. The molecule has 0 saturated carbocycles. The Kier molecular flexibility index (Phi) is 9.22. The van der Waals surface area contributed by atoms with Crippen LogP contribution >= 0.6 is 0 Å². The molecule has 11 heteroatoms. The molecular weight excluding hydrogens is 504 g/mol. The lowest BCUT2D eigenvalue weighted by Gasteiger charge is -2.33. The van der Waals surface area contributed by atoms with Gasteiger partial charge in [0.25, 0.3) is 0 Å². The number of likely N-dealkylation sites (tertiary alicyclic amines) is 2. The predicted molar refractivity (Wildman–Crippen MR) is 147 cm³/mol. The van der Waals surface area contributed by atoms with Crippen LogP contribution in [0.2, 0.25) is 0 Å². The second kappa shape index (κ2) is 12.6. The van der Waals surface area contributed by atoms with Gasteiger partial charge in [0.2, 0.25) is 21.8 Å². The van der Waals surface area contributed by atoms with Gasteiger partial charge in [-0.2, -0.15) is 4.72 Å². The van der Waals surface area contributed by atoms with Crippen LogP contribution in [0.25, 0.3) is 10.8 Å². The number of nitrogens with zero attached hydrogens (tertiary/aromatic N) is 2. The molecule has 0 bridgehead atoms. The van der Waals surface area contributed by atoms with E-state index in [-0.39, 0.29) is 29.1 Å². The maximum Gasteiger partial charge on any atom is 0.241 e. The molecule has 2 aromatic rings. The fourth-order valence-electron chi connectivity index (χ4n) is 5.22. The molecular formula is C27H38N6O4S. The van der Waals surface area contributed by atoms with Crippen molar-refractivity contribution in [3.63, 3.8) is 0 Å². The maximum atomic E-state index is 13.4. The van der Waals surface area contributed by atoms with Crippen LogP contribution in [0.3, 0.4) is 0 Å². The number of sulfonamides is 1. The molecule has 206 valence electrons. The SMILES string of the molecule is N=C(N)N1CCC[C@H](CNC(=O)C(CC(=O)N2CCCCCC2)NS(=O)(=O)c2ccc3ccccc3c2)C1. The molecule has 2 saturated heterocycles. The van der Waals surface area contributed by atoms with Gasteiger partial charge in [0.15, 0.2) is 5.96 Å². The summed E-state index contributed by atoms with van der Waals surface area (Å²) in [4.78, 5) is 30.0. The molecule has 10 nitrogen and oxygen atoms in total. The summed E-state index contributed by atoms with van der Waals surface area (Å²) in [7, 11) is -4.08. The Morgan fingerprint density at radius 1 is 0.974 bits per heavy atom. The number of piperidine rings is 1. The molecule has 1 unspecified atom stereocenters. The van der Waals surface area contributed by atoms with E-state index in [2.05, 4.69) is 10.0 Å². The van der Waals surface area contributed by atoms with Crippen molar-refractivity contribution in [1.82, 2.24) is 19.8 Å². The summed E-state index contributed by atoms with van der Waals surface area (Å²) in [6, 6.07) is 11.0. The molecule has 38 heavy (non-hydrogen) atoms. The molecule has 0 aromatic heterocycles. The van der Waals surface area contributed by atoms with Crippen molar-refractivity contribution in [1.29, 1.82) is 5.41 Å². The lowest BCUT2D eigenvalue weighted by Crippen LogP contribution is -2.51. The van der Waals surface area contributed by atoms with E-state index < -0.39 is 22.0 Å². The summed E-state index contributed by atoms with van der Waals surface area (Å²) in [6.45, 7) is 2.81. The zero-order valence-electron chi connectivity index (χ0n) is 21.7. The minimum atomic E-state index is -4.08.